The molecule has 0 aromatic heterocycles. The van der Waals surface area contributed by atoms with Crippen LogP contribution in [0.3, 0.4) is 0 Å². The molecule has 2 aromatic carbocycles. The summed E-state index contributed by atoms with van der Waals surface area (Å²) in [5, 5.41) is 0.686. The van der Waals surface area contributed by atoms with Gasteiger partial charge >= 0.3 is 0 Å². The number of halogens is 1. The van der Waals surface area contributed by atoms with Crippen molar-refractivity contribution in [2.45, 2.75) is 31.8 Å². The molecule has 0 saturated carbocycles. The minimum absolute atomic E-state index is 0.0530. The largest absolute Gasteiger partial charge is 0.293 e. The molecule has 0 radical (unpaired) electrons. The van der Waals surface area contributed by atoms with Crippen molar-refractivity contribution < 1.29 is 4.79 Å². The maximum Gasteiger partial charge on any atom is 0.175 e. The summed E-state index contributed by atoms with van der Waals surface area (Å²) in [4.78, 5) is 12.4. The molecule has 0 aliphatic rings. The molecule has 2 aromatic rings. The fourth-order valence-corrected chi connectivity index (χ4v) is 3.06. The molecule has 0 aliphatic carbocycles. The van der Waals surface area contributed by atoms with Crippen molar-refractivity contribution in [2.24, 2.45) is 0 Å². The number of carbonyl (C=O) groups is 1. The second-order valence-electron chi connectivity index (χ2n) is 5.24. The smallest absolute Gasteiger partial charge is 0.175 e. The van der Waals surface area contributed by atoms with Crippen LogP contribution in [0.4, 0.5) is 0 Å². The molecular weight excluding hydrogens is 300 g/mol. The molecule has 2 rings (SSSR count). The van der Waals surface area contributed by atoms with Gasteiger partial charge in [-0.15, -0.1) is 11.8 Å². The molecule has 0 bridgehead atoms. The SMILES string of the molecule is Cc1ccc(C(=O)C(C)SCc2ccc(Cl)cc2)cc1C. The highest BCUT2D eigenvalue weighted by Gasteiger charge is 2.16. The summed E-state index contributed by atoms with van der Waals surface area (Å²) in [6.07, 6.45) is 0. The first-order valence-electron chi connectivity index (χ1n) is 6.95. The van der Waals surface area contributed by atoms with E-state index in [9.17, 15) is 4.79 Å². The lowest BCUT2D eigenvalue weighted by Crippen LogP contribution is -2.14. The van der Waals surface area contributed by atoms with Crippen LogP contribution in [-0.2, 0) is 5.75 Å². The van der Waals surface area contributed by atoms with Gasteiger partial charge in [0.05, 0.1) is 5.25 Å². The molecule has 21 heavy (non-hydrogen) atoms. The Bertz CT molecular complexity index is 634. The van der Waals surface area contributed by atoms with Crippen molar-refractivity contribution in [3.05, 3.63) is 69.7 Å². The van der Waals surface area contributed by atoms with E-state index in [1.54, 1.807) is 11.8 Å². The van der Waals surface area contributed by atoms with Gasteiger partial charge < -0.3 is 0 Å². The third kappa shape index (κ3) is 4.36. The van der Waals surface area contributed by atoms with Crippen molar-refractivity contribution in [1.29, 1.82) is 0 Å². The topological polar surface area (TPSA) is 17.1 Å². The Kier molecular flexibility index (Phi) is 5.49. The van der Waals surface area contributed by atoms with Crippen LogP contribution in [0.1, 0.15) is 34.0 Å². The van der Waals surface area contributed by atoms with Crippen molar-refractivity contribution in [2.75, 3.05) is 0 Å². The van der Waals surface area contributed by atoms with Crippen LogP contribution in [0, 0.1) is 13.8 Å². The zero-order valence-electron chi connectivity index (χ0n) is 12.5. The summed E-state index contributed by atoms with van der Waals surface area (Å²) in [5.74, 6) is 1.01. The summed E-state index contributed by atoms with van der Waals surface area (Å²) in [5.41, 5.74) is 4.36. The predicted molar refractivity (Wildman–Crippen MR) is 92.5 cm³/mol. The summed E-state index contributed by atoms with van der Waals surface area (Å²) >= 11 is 7.53. The number of thioether (sulfide) groups is 1. The highest BCUT2D eigenvalue weighted by Crippen LogP contribution is 2.23. The van der Waals surface area contributed by atoms with E-state index in [0.717, 1.165) is 21.9 Å². The highest BCUT2D eigenvalue weighted by molar-refractivity contribution is 7.99. The van der Waals surface area contributed by atoms with Crippen LogP contribution >= 0.6 is 23.4 Å². The Morgan fingerprint density at radius 3 is 2.38 bits per heavy atom. The number of hydrogen-bond donors (Lipinski definition) is 0. The molecular formula is C18H19ClOS. The Balaban J connectivity index is 1.99. The fraction of sp³-hybridized carbons (Fsp3) is 0.278. The van der Waals surface area contributed by atoms with Crippen molar-refractivity contribution >= 4 is 29.1 Å². The van der Waals surface area contributed by atoms with Gasteiger partial charge in [-0.05, 0) is 55.7 Å². The molecule has 0 amide bonds. The van der Waals surface area contributed by atoms with Crippen LogP contribution in [0.15, 0.2) is 42.5 Å². The van der Waals surface area contributed by atoms with Crippen molar-refractivity contribution in [1.82, 2.24) is 0 Å². The average Bonchev–Trinajstić information content (AvgIpc) is 2.48. The summed E-state index contributed by atoms with van der Waals surface area (Å²) in [7, 11) is 0. The zero-order valence-corrected chi connectivity index (χ0v) is 14.1. The molecule has 0 N–H and O–H groups in total. The molecule has 1 unspecified atom stereocenters. The monoisotopic (exact) mass is 318 g/mol. The normalized spacial score (nSPS) is 12.2. The predicted octanol–water partition coefficient (Wildman–Crippen LogP) is 5.46. The molecule has 0 fully saturated rings. The number of rotatable bonds is 5. The maximum absolute atomic E-state index is 12.4. The second-order valence-corrected chi connectivity index (χ2v) is 7.01. The van der Waals surface area contributed by atoms with E-state index in [1.807, 2.05) is 56.3 Å². The maximum atomic E-state index is 12.4. The standard InChI is InChI=1S/C18H19ClOS/c1-12-4-7-16(10-13(12)2)18(20)14(3)21-11-15-5-8-17(19)9-6-15/h4-10,14H,11H2,1-3H3. The van der Waals surface area contributed by atoms with Crippen LogP contribution in [-0.4, -0.2) is 11.0 Å². The van der Waals surface area contributed by atoms with E-state index in [4.69, 9.17) is 11.6 Å². The van der Waals surface area contributed by atoms with Gasteiger partial charge in [0.25, 0.3) is 0 Å². The van der Waals surface area contributed by atoms with E-state index >= 15 is 0 Å². The van der Waals surface area contributed by atoms with Gasteiger partial charge in [-0.2, -0.15) is 0 Å². The third-order valence-corrected chi connectivity index (χ3v) is 5.04. The Hall–Kier alpha value is -1.25. The van der Waals surface area contributed by atoms with Gasteiger partial charge in [0, 0.05) is 16.3 Å². The molecule has 0 spiro atoms. The molecule has 3 heteroatoms. The zero-order chi connectivity index (χ0) is 15.4. The van der Waals surface area contributed by atoms with Crippen molar-refractivity contribution in [3.63, 3.8) is 0 Å². The van der Waals surface area contributed by atoms with Gasteiger partial charge in [-0.3, -0.25) is 4.79 Å². The molecule has 110 valence electrons. The Labute approximate surface area is 135 Å². The highest BCUT2D eigenvalue weighted by atomic mass is 35.5. The minimum atomic E-state index is -0.0530. The quantitative estimate of drug-likeness (QED) is 0.681. The fourth-order valence-electron chi connectivity index (χ4n) is 2.01. The summed E-state index contributed by atoms with van der Waals surface area (Å²) in [6, 6.07) is 13.7. The minimum Gasteiger partial charge on any atom is -0.293 e. The molecule has 1 nitrogen and oxygen atoms in total. The molecule has 1 atom stereocenters. The van der Waals surface area contributed by atoms with Gasteiger partial charge in [-0.25, -0.2) is 0 Å². The number of Topliss-reactive ketones (excluding diaryl/α,β-unsaturated/α-hetero) is 1. The molecule has 0 saturated heterocycles. The lowest BCUT2D eigenvalue weighted by atomic mass is 10.0. The van der Waals surface area contributed by atoms with E-state index in [-0.39, 0.29) is 11.0 Å². The van der Waals surface area contributed by atoms with E-state index in [2.05, 4.69) is 6.92 Å². The van der Waals surface area contributed by atoms with Crippen molar-refractivity contribution in [3.8, 4) is 0 Å². The van der Waals surface area contributed by atoms with Crippen LogP contribution in [0.25, 0.3) is 0 Å². The van der Waals surface area contributed by atoms with Crippen LogP contribution < -0.4 is 0 Å². The van der Waals surface area contributed by atoms with Crippen LogP contribution in [0.5, 0.6) is 0 Å². The van der Waals surface area contributed by atoms with Gasteiger partial charge in [-0.1, -0.05) is 35.9 Å². The number of ketones is 1. The summed E-state index contributed by atoms with van der Waals surface area (Å²) in [6.45, 7) is 6.07. The lowest BCUT2D eigenvalue weighted by Gasteiger charge is -2.11. The first-order valence-corrected chi connectivity index (χ1v) is 8.37. The third-order valence-electron chi connectivity index (χ3n) is 3.57. The summed E-state index contributed by atoms with van der Waals surface area (Å²) < 4.78 is 0. The van der Waals surface area contributed by atoms with Gasteiger partial charge in [0.15, 0.2) is 5.78 Å². The first kappa shape index (κ1) is 16.1. The lowest BCUT2D eigenvalue weighted by molar-refractivity contribution is 0.0994. The van der Waals surface area contributed by atoms with E-state index in [0.29, 0.717) is 0 Å². The number of hydrogen-bond acceptors (Lipinski definition) is 2. The Morgan fingerprint density at radius 1 is 1.10 bits per heavy atom. The van der Waals surface area contributed by atoms with Crippen LogP contribution in [0.2, 0.25) is 5.02 Å². The van der Waals surface area contributed by atoms with Gasteiger partial charge in [0.1, 0.15) is 0 Å². The van der Waals surface area contributed by atoms with E-state index < -0.39 is 0 Å². The second kappa shape index (κ2) is 7.15. The van der Waals surface area contributed by atoms with Gasteiger partial charge in [0.2, 0.25) is 0 Å². The molecule has 0 heterocycles. The number of aryl methyl sites for hydroxylation is 2. The molecule has 0 aliphatic heterocycles. The number of benzene rings is 2. The number of carbonyl (C=O) groups excluding carboxylic acids is 1. The average molecular weight is 319 g/mol. The first-order chi connectivity index (χ1) is 9.97. The Morgan fingerprint density at radius 2 is 1.76 bits per heavy atom. The van der Waals surface area contributed by atoms with E-state index in [1.165, 1.54) is 11.1 Å².